The summed E-state index contributed by atoms with van der Waals surface area (Å²) in [5.74, 6) is 0.841. The summed E-state index contributed by atoms with van der Waals surface area (Å²) in [4.78, 5) is 27.6. The number of carbonyl (C=O) groups excluding carboxylic acids is 2. The Labute approximate surface area is 166 Å². The summed E-state index contributed by atoms with van der Waals surface area (Å²) in [5, 5.41) is 3.04. The summed E-state index contributed by atoms with van der Waals surface area (Å²) in [6, 6.07) is 17.0. The largest absolute Gasteiger partial charge is 0.497 e. The highest BCUT2D eigenvalue weighted by molar-refractivity contribution is 5.95. The predicted octanol–water partition coefficient (Wildman–Crippen LogP) is 3.32. The second-order valence-corrected chi connectivity index (χ2v) is 7.70. The van der Waals surface area contributed by atoms with Gasteiger partial charge in [0.1, 0.15) is 5.75 Å². The fourth-order valence-corrected chi connectivity index (χ4v) is 3.62. The van der Waals surface area contributed by atoms with Crippen LogP contribution in [0.4, 0.5) is 0 Å². The van der Waals surface area contributed by atoms with Crippen LogP contribution in [0.2, 0.25) is 0 Å². The fraction of sp³-hybridized carbons (Fsp3) is 0.391. The second kappa shape index (κ2) is 8.91. The molecule has 0 aliphatic carbocycles. The van der Waals surface area contributed by atoms with Gasteiger partial charge in [0.25, 0.3) is 5.91 Å². The first kappa shape index (κ1) is 19.9. The van der Waals surface area contributed by atoms with Gasteiger partial charge >= 0.3 is 0 Å². The molecular weight excluding hydrogens is 352 g/mol. The lowest BCUT2D eigenvalue weighted by molar-refractivity contribution is -0.125. The van der Waals surface area contributed by atoms with Crippen LogP contribution in [0.1, 0.15) is 35.7 Å². The monoisotopic (exact) mass is 380 g/mol. The Morgan fingerprint density at radius 3 is 2.36 bits per heavy atom. The maximum atomic E-state index is 12.9. The molecule has 1 aliphatic heterocycles. The summed E-state index contributed by atoms with van der Waals surface area (Å²) in [5.41, 5.74) is 1.70. The number of nitrogens with one attached hydrogen (secondary N) is 1. The van der Waals surface area contributed by atoms with E-state index >= 15 is 0 Å². The number of methoxy groups -OCH3 is 1. The highest BCUT2D eigenvalue weighted by Crippen LogP contribution is 2.34. The number of benzene rings is 2. The zero-order valence-electron chi connectivity index (χ0n) is 16.7. The summed E-state index contributed by atoms with van der Waals surface area (Å²) in [6.07, 6.45) is 0. The molecule has 1 heterocycles. The Hall–Kier alpha value is -2.82. The zero-order valence-corrected chi connectivity index (χ0v) is 16.7. The minimum Gasteiger partial charge on any atom is -0.497 e. The topological polar surface area (TPSA) is 58.6 Å². The summed E-state index contributed by atoms with van der Waals surface area (Å²) in [6.45, 7) is 5.73. The van der Waals surface area contributed by atoms with Crippen molar-refractivity contribution in [1.82, 2.24) is 10.2 Å². The van der Waals surface area contributed by atoms with Crippen molar-refractivity contribution in [3.63, 3.8) is 0 Å². The summed E-state index contributed by atoms with van der Waals surface area (Å²) >= 11 is 0. The Bertz CT molecular complexity index is 802. The van der Waals surface area contributed by atoms with E-state index in [0.29, 0.717) is 31.1 Å². The highest BCUT2D eigenvalue weighted by Gasteiger charge is 2.40. The van der Waals surface area contributed by atoms with Gasteiger partial charge in [0.15, 0.2) is 0 Å². The first-order valence-corrected chi connectivity index (χ1v) is 9.75. The van der Waals surface area contributed by atoms with Crippen LogP contribution in [0, 0.1) is 11.8 Å². The van der Waals surface area contributed by atoms with Gasteiger partial charge in [0, 0.05) is 31.1 Å². The molecule has 0 aromatic heterocycles. The average Bonchev–Trinajstić information content (AvgIpc) is 3.17. The molecule has 28 heavy (non-hydrogen) atoms. The van der Waals surface area contributed by atoms with E-state index in [1.165, 1.54) is 0 Å². The first-order chi connectivity index (χ1) is 13.5. The number of hydrogen-bond donors (Lipinski definition) is 1. The molecule has 2 aromatic rings. The molecular formula is C23H28N2O3. The smallest absolute Gasteiger partial charge is 0.253 e. The maximum Gasteiger partial charge on any atom is 0.253 e. The number of likely N-dealkylation sites (tertiary alicyclic amines) is 1. The molecule has 1 fully saturated rings. The molecule has 0 unspecified atom stereocenters. The number of ether oxygens (including phenoxy) is 1. The lowest BCUT2D eigenvalue weighted by Gasteiger charge is -2.19. The molecule has 2 amide bonds. The van der Waals surface area contributed by atoms with Crippen molar-refractivity contribution in [2.45, 2.75) is 19.8 Å². The molecule has 1 aliphatic rings. The quantitative estimate of drug-likeness (QED) is 0.836. The minimum absolute atomic E-state index is 0.0119. The van der Waals surface area contributed by atoms with Gasteiger partial charge in [-0.1, -0.05) is 44.2 Å². The van der Waals surface area contributed by atoms with E-state index in [1.54, 1.807) is 12.0 Å². The highest BCUT2D eigenvalue weighted by atomic mass is 16.5. The molecule has 5 heteroatoms. The Morgan fingerprint density at radius 2 is 1.75 bits per heavy atom. The van der Waals surface area contributed by atoms with Crippen LogP contribution in [0.5, 0.6) is 5.75 Å². The summed E-state index contributed by atoms with van der Waals surface area (Å²) in [7, 11) is 1.63. The minimum atomic E-state index is -0.264. The van der Waals surface area contributed by atoms with E-state index in [1.807, 2.05) is 54.6 Å². The van der Waals surface area contributed by atoms with Crippen molar-refractivity contribution in [1.29, 1.82) is 0 Å². The Kier molecular flexibility index (Phi) is 6.34. The molecule has 0 spiro atoms. The van der Waals surface area contributed by atoms with Crippen LogP contribution in [-0.4, -0.2) is 43.5 Å². The predicted molar refractivity (Wildman–Crippen MR) is 109 cm³/mol. The van der Waals surface area contributed by atoms with Gasteiger partial charge in [0.05, 0.1) is 13.0 Å². The van der Waals surface area contributed by atoms with Crippen LogP contribution >= 0.6 is 0 Å². The first-order valence-electron chi connectivity index (χ1n) is 9.75. The number of amides is 2. The third kappa shape index (κ3) is 4.53. The number of nitrogens with zero attached hydrogens (tertiary/aromatic N) is 1. The molecule has 2 atom stereocenters. The molecule has 0 bridgehead atoms. The zero-order chi connectivity index (χ0) is 20.1. The Morgan fingerprint density at radius 1 is 1.07 bits per heavy atom. The third-order valence-electron chi connectivity index (χ3n) is 5.19. The van der Waals surface area contributed by atoms with Gasteiger partial charge in [-0.2, -0.15) is 0 Å². The van der Waals surface area contributed by atoms with Crippen molar-refractivity contribution >= 4 is 11.8 Å². The van der Waals surface area contributed by atoms with Crippen molar-refractivity contribution in [2.24, 2.45) is 11.8 Å². The van der Waals surface area contributed by atoms with Crippen LogP contribution in [0.3, 0.4) is 0 Å². The SMILES string of the molecule is COc1ccc([C@@H]2CN(C(=O)c3ccccc3)C[C@@H]2C(=O)NCC(C)C)cc1. The van der Waals surface area contributed by atoms with Crippen molar-refractivity contribution in [3.8, 4) is 5.75 Å². The number of hydrogen-bond acceptors (Lipinski definition) is 3. The molecule has 2 aromatic carbocycles. The molecule has 0 radical (unpaired) electrons. The normalized spacial score (nSPS) is 18.9. The van der Waals surface area contributed by atoms with E-state index in [2.05, 4.69) is 19.2 Å². The molecule has 5 nitrogen and oxygen atoms in total. The molecule has 3 rings (SSSR count). The van der Waals surface area contributed by atoms with Crippen LogP contribution in [0.25, 0.3) is 0 Å². The van der Waals surface area contributed by atoms with E-state index < -0.39 is 0 Å². The van der Waals surface area contributed by atoms with Gasteiger partial charge in [-0.15, -0.1) is 0 Å². The van der Waals surface area contributed by atoms with Crippen molar-refractivity contribution in [3.05, 3.63) is 65.7 Å². The van der Waals surface area contributed by atoms with Crippen molar-refractivity contribution in [2.75, 3.05) is 26.7 Å². The van der Waals surface area contributed by atoms with Crippen molar-refractivity contribution < 1.29 is 14.3 Å². The molecule has 148 valence electrons. The maximum absolute atomic E-state index is 12.9. The summed E-state index contributed by atoms with van der Waals surface area (Å²) < 4.78 is 5.24. The van der Waals surface area contributed by atoms with Crippen LogP contribution in [-0.2, 0) is 4.79 Å². The average molecular weight is 380 g/mol. The lowest BCUT2D eigenvalue weighted by Crippen LogP contribution is -2.37. The van der Waals surface area contributed by atoms with Gasteiger partial charge in [-0.25, -0.2) is 0 Å². The van der Waals surface area contributed by atoms with Gasteiger partial charge in [-0.05, 0) is 35.7 Å². The van der Waals surface area contributed by atoms with E-state index in [4.69, 9.17) is 4.74 Å². The number of carbonyl (C=O) groups is 2. The molecule has 1 N–H and O–H groups in total. The van der Waals surface area contributed by atoms with Gasteiger partial charge in [0.2, 0.25) is 5.91 Å². The molecule has 1 saturated heterocycles. The third-order valence-corrected chi connectivity index (χ3v) is 5.19. The fourth-order valence-electron chi connectivity index (χ4n) is 3.62. The van der Waals surface area contributed by atoms with Gasteiger partial charge < -0.3 is 15.0 Å². The number of rotatable bonds is 6. The van der Waals surface area contributed by atoms with E-state index in [9.17, 15) is 9.59 Å². The van der Waals surface area contributed by atoms with E-state index in [-0.39, 0.29) is 23.7 Å². The Balaban J connectivity index is 1.83. The standard InChI is InChI=1S/C23H28N2O3/c1-16(2)13-24-22(26)21-15-25(23(27)18-7-5-4-6-8-18)14-20(21)17-9-11-19(28-3)12-10-17/h4-12,16,20-21H,13-15H2,1-3H3,(H,24,26)/t20-,21-/m0/s1. The molecule has 0 saturated carbocycles. The van der Waals surface area contributed by atoms with E-state index in [0.717, 1.165) is 11.3 Å². The van der Waals surface area contributed by atoms with Gasteiger partial charge in [-0.3, -0.25) is 9.59 Å². The lowest BCUT2D eigenvalue weighted by atomic mass is 9.88. The van der Waals surface area contributed by atoms with Crippen LogP contribution < -0.4 is 10.1 Å². The van der Waals surface area contributed by atoms with Crippen LogP contribution in [0.15, 0.2) is 54.6 Å². The second-order valence-electron chi connectivity index (χ2n) is 7.70.